The molecule has 21 heavy (non-hydrogen) atoms. The summed E-state index contributed by atoms with van der Waals surface area (Å²) in [6.45, 7) is 3.77. The third-order valence-corrected chi connectivity index (χ3v) is 6.43. The molecular formula is C13H20N4O3S. The zero-order valence-corrected chi connectivity index (χ0v) is 12.8. The predicted octanol–water partition coefficient (Wildman–Crippen LogP) is -0.268. The number of sulfonamides is 1. The highest BCUT2D eigenvalue weighted by Crippen LogP contribution is 2.34. The van der Waals surface area contributed by atoms with Crippen LogP contribution in [0.4, 0.5) is 0 Å². The Labute approximate surface area is 124 Å². The Hall–Kier alpha value is -1.41. The molecule has 0 radical (unpaired) electrons. The van der Waals surface area contributed by atoms with Crippen LogP contribution in [0.5, 0.6) is 0 Å². The quantitative estimate of drug-likeness (QED) is 0.784. The Morgan fingerprint density at radius 1 is 1.43 bits per heavy atom. The average molecular weight is 312 g/mol. The van der Waals surface area contributed by atoms with Crippen molar-refractivity contribution in [2.24, 2.45) is 5.92 Å². The van der Waals surface area contributed by atoms with Gasteiger partial charge in [-0.25, -0.2) is 13.4 Å². The minimum atomic E-state index is -3.12. The lowest BCUT2D eigenvalue weighted by atomic mass is 10.0. The van der Waals surface area contributed by atoms with Crippen molar-refractivity contribution in [3.05, 3.63) is 18.2 Å². The van der Waals surface area contributed by atoms with Gasteiger partial charge >= 0.3 is 0 Å². The minimum absolute atomic E-state index is 0.0602. The number of carbonyl (C=O) groups excluding carboxylic acids is 1. The number of nitrogens with one attached hydrogen (secondary N) is 1. The molecule has 1 saturated heterocycles. The van der Waals surface area contributed by atoms with E-state index in [9.17, 15) is 13.2 Å². The highest BCUT2D eigenvalue weighted by atomic mass is 32.2. The Balaban J connectivity index is 1.41. The number of carbonyl (C=O) groups is 1. The molecule has 2 fully saturated rings. The van der Waals surface area contributed by atoms with Crippen LogP contribution in [0.25, 0.3) is 0 Å². The topological polar surface area (TPSA) is 84.3 Å². The van der Waals surface area contributed by atoms with Gasteiger partial charge in [0.1, 0.15) is 5.82 Å². The van der Waals surface area contributed by atoms with E-state index in [0.29, 0.717) is 26.2 Å². The van der Waals surface area contributed by atoms with Crippen LogP contribution in [0.2, 0.25) is 0 Å². The number of rotatable bonds is 6. The van der Waals surface area contributed by atoms with Crippen molar-refractivity contribution in [1.29, 1.82) is 0 Å². The molecule has 1 aromatic heterocycles. The summed E-state index contributed by atoms with van der Waals surface area (Å²) in [5.41, 5.74) is 0. The maximum atomic E-state index is 11.9. The van der Waals surface area contributed by atoms with Crippen LogP contribution in [0.15, 0.2) is 12.4 Å². The van der Waals surface area contributed by atoms with E-state index in [2.05, 4.69) is 10.3 Å². The van der Waals surface area contributed by atoms with E-state index >= 15 is 0 Å². The standard InChI is InChI=1S/C13H20N4O3S/c1-10-14-4-6-16(10)7-5-15-13(18)11-8-17(9-11)21(19,20)12-2-3-12/h4,6,11-12H,2-3,5,7-9H2,1H3,(H,15,18). The van der Waals surface area contributed by atoms with Crippen LogP contribution in [-0.2, 0) is 21.4 Å². The molecule has 7 nitrogen and oxygen atoms in total. The number of aryl methyl sites for hydroxylation is 1. The van der Waals surface area contributed by atoms with Crippen LogP contribution < -0.4 is 5.32 Å². The van der Waals surface area contributed by atoms with Gasteiger partial charge in [0, 0.05) is 38.6 Å². The first-order valence-electron chi connectivity index (χ1n) is 7.23. The molecule has 8 heteroatoms. The number of aromatic nitrogens is 2. The zero-order valence-electron chi connectivity index (χ0n) is 12.0. The van der Waals surface area contributed by atoms with Crippen molar-refractivity contribution in [3.63, 3.8) is 0 Å². The third-order valence-electron chi connectivity index (χ3n) is 4.10. The van der Waals surface area contributed by atoms with E-state index in [0.717, 1.165) is 18.7 Å². The van der Waals surface area contributed by atoms with E-state index < -0.39 is 10.0 Å². The highest BCUT2D eigenvalue weighted by Gasteiger charge is 2.46. The van der Waals surface area contributed by atoms with Gasteiger partial charge in [-0.3, -0.25) is 4.79 Å². The summed E-state index contributed by atoms with van der Waals surface area (Å²) in [4.78, 5) is 16.1. The van der Waals surface area contributed by atoms with Gasteiger partial charge in [0.2, 0.25) is 15.9 Å². The maximum absolute atomic E-state index is 11.9. The Bertz CT molecular complexity index is 630. The van der Waals surface area contributed by atoms with Gasteiger partial charge < -0.3 is 9.88 Å². The summed E-state index contributed by atoms with van der Waals surface area (Å²) in [6.07, 6.45) is 5.12. The first-order valence-corrected chi connectivity index (χ1v) is 8.73. The maximum Gasteiger partial charge on any atom is 0.225 e. The normalized spacial score (nSPS) is 20.2. The first kappa shape index (κ1) is 14.5. The van der Waals surface area contributed by atoms with E-state index in [1.165, 1.54) is 4.31 Å². The molecule has 0 aromatic carbocycles. The van der Waals surface area contributed by atoms with E-state index in [1.807, 2.05) is 17.7 Å². The lowest BCUT2D eigenvalue weighted by molar-refractivity contribution is -0.128. The summed E-state index contributed by atoms with van der Waals surface area (Å²) in [5, 5.41) is 2.67. The second-order valence-corrected chi connectivity index (χ2v) is 7.93. The molecule has 1 N–H and O–H groups in total. The molecule has 1 amide bonds. The Morgan fingerprint density at radius 3 is 2.71 bits per heavy atom. The average Bonchev–Trinajstić information content (AvgIpc) is 3.14. The summed E-state index contributed by atoms with van der Waals surface area (Å²) in [5.74, 6) is 0.645. The number of nitrogens with zero attached hydrogens (tertiary/aromatic N) is 3. The third kappa shape index (κ3) is 2.96. The zero-order chi connectivity index (χ0) is 15.0. The molecule has 0 bridgehead atoms. The van der Waals surface area contributed by atoms with Crippen LogP contribution in [0.1, 0.15) is 18.7 Å². The number of hydrogen-bond acceptors (Lipinski definition) is 4. The highest BCUT2D eigenvalue weighted by molar-refractivity contribution is 7.90. The first-order chi connectivity index (χ1) is 9.98. The Morgan fingerprint density at radius 2 is 2.14 bits per heavy atom. The summed E-state index contributed by atoms with van der Waals surface area (Å²) in [7, 11) is -3.12. The fourth-order valence-corrected chi connectivity index (χ4v) is 4.40. The summed E-state index contributed by atoms with van der Waals surface area (Å²) in [6, 6.07) is 0. The lowest BCUT2D eigenvalue weighted by Crippen LogP contribution is -2.56. The fourth-order valence-electron chi connectivity index (χ4n) is 2.47. The van der Waals surface area contributed by atoms with E-state index in [4.69, 9.17) is 0 Å². The monoisotopic (exact) mass is 312 g/mol. The lowest BCUT2D eigenvalue weighted by Gasteiger charge is -2.37. The molecule has 1 aliphatic carbocycles. The van der Waals surface area contributed by atoms with Crippen molar-refractivity contribution in [3.8, 4) is 0 Å². The van der Waals surface area contributed by atoms with Gasteiger partial charge in [-0.1, -0.05) is 0 Å². The summed E-state index contributed by atoms with van der Waals surface area (Å²) < 4.78 is 27.3. The molecule has 1 aromatic rings. The van der Waals surface area contributed by atoms with Gasteiger partial charge in [-0.2, -0.15) is 4.31 Å². The van der Waals surface area contributed by atoms with Crippen LogP contribution in [0, 0.1) is 12.8 Å². The SMILES string of the molecule is Cc1nccn1CCNC(=O)C1CN(S(=O)(=O)C2CC2)C1. The van der Waals surface area contributed by atoms with Crippen molar-refractivity contribution in [2.45, 2.75) is 31.6 Å². The van der Waals surface area contributed by atoms with Gasteiger partial charge in [0.05, 0.1) is 11.2 Å². The van der Waals surface area contributed by atoms with E-state index in [-0.39, 0.29) is 17.1 Å². The molecule has 2 aliphatic rings. The molecule has 1 aliphatic heterocycles. The van der Waals surface area contributed by atoms with Crippen molar-refractivity contribution >= 4 is 15.9 Å². The number of amides is 1. The minimum Gasteiger partial charge on any atom is -0.354 e. The van der Waals surface area contributed by atoms with Crippen molar-refractivity contribution < 1.29 is 13.2 Å². The molecule has 0 atom stereocenters. The number of hydrogen-bond donors (Lipinski definition) is 1. The predicted molar refractivity (Wildman–Crippen MR) is 77.0 cm³/mol. The largest absolute Gasteiger partial charge is 0.354 e. The molecular weight excluding hydrogens is 292 g/mol. The fraction of sp³-hybridized carbons (Fsp3) is 0.692. The summed E-state index contributed by atoms with van der Waals surface area (Å²) >= 11 is 0. The van der Waals surface area contributed by atoms with Gasteiger partial charge in [-0.15, -0.1) is 0 Å². The van der Waals surface area contributed by atoms with Gasteiger partial charge in [0.15, 0.2) is 0 Å². The van der Waals surface area contributed by atoms with Crippen LogP contribution in [0.3, 0.4) is 0 Å². The second kappa shape index (κ2) is 5.42. The molecule has 2 heterocycles. The molecule has 0 unspecified atom stereocenters. The van der Waals surface area contributed by atoms with Crippen molar-refractivity contribution in [1.82, 2.24) is 19.2 Å². The molecule has 116 valence electrons. The molecule has 0 spiro atoms. The second-order valence-electron chi connectivity index (χ2n) is 5.72. The van der Waals surface area contributed by atoms with E-state index in [1.54, 1.807) is 6.20 Å². The van der Waals surface area contributed by atoms with Gasteiger partial charge in [-0.05, 0) is 19.8 Å². The smallest absolute Gasteiger partial charge is 0.225 e. The number of imidazole rings is 1. The van der Waals surface area contributed by atoms with Crippen molar-refractivity contribution in [2.75, 3.05) is 19.6 Å². The Kier molecular flexibility index (Phi) is 3.75. The molecule has 3 rings (SSSR count). The van der Waals surface area contributed by atoms with Gasteiger partial charge in [0.25, 0.3) is 0 Å². The molecule has 1 saturated carbocycles. The van der Waals surface area contributed by atoms with Crippen LogP contribution >= 0.6 is 0 Å². The van der Waals surface area contributed by atoms with Crippen LogP contribution in [-0.4, -0.2) is 53.1 Å².